The highest BCUT2D eigenvalue weighted by Gasteiger charge is 2.22. The molecule has 0 spiro atoms. The predicted molar refractivity (Wildman–Crippen MR) is 92.3 cm³/mol. The van der Waals surface area contributed by atoms with Crippen LogP contribution in [0.15, 0.2) is 24.7 Å². The minimum Gasteiger partial charge on any atom is -0.363 e. The van der Waals surface area contributed by atoms with Gasteiger partial charge in [0.1, 0.15) is 23.7 Å². The highest BCUT2D eigenvalue weighted by Crippen LogP contribution is 2.18. The number of rotatable bonds is 3. The molecule has 0 unspecified atom stereocenters. The molecule has 0 atom stereocenters. The van der Waals surface area contributed by atoms with Gasteiger partial charge in [-0.15, -0.1) is 0 Å². The van der Waals surface area contributed by atoms with E-state index in [-0.39, 0.29) is 5.91 Å². The zero-order valence-electron chi connectivity index (χ0n) is 14.4. The van der Waals surface area contributed by atoms with E-state index in [1.54, 1.807) is 23.3 Å². The summed E-state index contributed by atoms with van der Waals surface area (Å²) in [6, 6.07) is 3.75. The molecule has 1 saturated heterocycles. The first kappa shape index (κ1) is 16.2. The minimum absolute atomic E-state index is 0.00545. The molecule has 128 valence electrons. The maximum absolute atomic E-state index is 12.6. The molecule has 1 aliphatic rings. The van der Waals surface area contributed by atoms with Crippen LogP contribution in [0.1, 0.15) is 16.9 Å². The average Bonchev–Trinajstić information content (AvgIpc) is 2.87. The fraction of sp³-hybridized carbons (Fsp3) is 0.500. The van der Waals surface area contributed by atoms with Crippen LogP contribution in [-0.4, -0.2) is 70.8 Å². The maximum Gasteiger partial charge on any atom is 0.274 e. The van der Waals surface area contributed by atoms with Gasteiger partial charge in [-0.2, -0.15) is 5.10 Å². The number of carbonyl (C=O) groups is 1. The van der Waals surface area contributed by atoms with Gasteiger partial charge in [0.2, 0.25) is 0 Å². The molecule has 0 saturated carbocycles. The Balaban J connectivity index is 1.69. The van der Waals surface area contributed by atoms with Crippen molar-refractivity contribution in [3.8, 4) is 0 Å². The van der Waals surface area contributed by atoms with Crippen LogP contribution in [0, 0.1) is 0 Å². The lowest BCUT2D eigenvalue weighted by molar-refractivity contribution is 0.0760. The van der Waals surface area contributed by atoms with Gasteiger partial charge in [-0.3, -0.25) is 9.48 Å². The van der Waals surface area contributed by atoms with E-state index in [0.29, 0.717) is 12.2 Å². The van der Waals surface area contributed by atoms with Crippen molar-refractivity contribution in [1.82, 2.24) is 24.6 Å². The first-order chi connectivity index (χ1) is 11.5. The Kier molecular flexibility index (Phi) is 4.64. The van der Waals surface area contributed by atoms with Gasteiger partial charge in [-0.05, 0) is 12.5 Å². The van der Waals surface area contributed by atoms with E-state index in [4.69, 9.17) is 0 Å². The third-order valence-electron chi connectivity index (χ3n) is 4.14. The molecule has 0 N–H and O–H groups in total. The van der Waals surface area contributed by atoms with Crippen molar-refractivity contribution in [2.45, 2.75) is 6.42 Å². The molecule has 0 radical (unpaired) electrons. The number of amides is 1. The van der Waals surface area contributed by atoms with Gasteiger partial charge in [0.05, 0.1) is 0 Å². The lowest BCUT2D eigenvalue weighted by Gasteiger charge is -2.23. The third-order valence-corrected chi connectivity index (χ3v) is 4.14. The zero-order valence-corrected chi connectivity index (χ0v) is 14.4. The van der Waals surface area contributed by atoms with E-state index >= 15 is 0 Å². The summed E-state index contributed by atoms with van der Waals surface area (Å²) in [6.07, 6.45) is 4.28. The fourth-order valence-electron chi connectivity index (χ4n) is 2.80. The van der Waals surface area contributed by atoms with Crippen LogP contribution in [0.2, 0.25) is 0 Å². The molecule has 0 aromatic carbocycles. The lowest BCUT2D eigenvalue weighted by atomic mass is 10.3. The summed E-state index contributed by atoms with van der Waals surface area (Å²) >= 11 is 0. The second-order valence-electron chi connectivity index (χ2n) is 6.14. The summed E-state index contributed by atoms with van der Waals surface area (Å²) in [7, 11) is 5.74. The van der Waals surface area contributed by atoms with E-state index in [1.807, 2.05) is 37.0 Å². The Morgan fingerprint density at radius 1 is 1.17 bits per heavy atom. The van der Waals surface area contributed by atoms with E-state index in [2.05, 4.69) is 20.0 Å². The topological polar surface area (TPSA) is 70.4 Å². The molecule has 24 heavy (non-hydrogen) atoms. The monoisotopic (exact) mass is 329 g/mol. The van der Waals surface area contributed by atoms with Gasteiger partial charge in [-0.25, -0.2) is 9.97 Å². The van der Waals surface area contributed by atoms with Gasteiger partial charge < -0.3 is 14.7 Å². The van der Waals surface area contributed by atoms with Crippen molar-refractivity contribution >= 4 is 17.5 Å². The van der Waals surface area contributed by atoms with Gasteiger partial charge in [-0.1, -0.05) is 0 Å². The Labute approximate surface area is 141 Å². The van der Waals surface area contributed by atoms with E-state index in [1.165, 1.54) is 0 Å². The molecule has 8 heteroatoms. The first-order valence-corrected chi connectivity index (χ1v) is 8.08. The highest BCUT2D eigenvalue weighted by atomic mass is 16.2. The van der Waals surface area contributed by atoms with Crippen molar-refractivity contribution < 1.29 is 4.79 Å². The number of anilines is 2. The summed E-state index contributed by atoms with van der Waals surface area (Å²) in [6.45, 7) is 3.02. The van der Waals surface area contributed by atoms with Gasteiger partial charge in [0, 0.05) is 59.6 Å². The molecular formula is C16H23N7O. The quantitative estimate of drug-likeness (QED) is 0.822. The van der Waals surface area contributed by atoms with Crippen LogP contribution in [0.3, 0.4) is 0 Å². The number of aryl methyl sites for hydroxylation is 1. The van der Waals surface area contributed by atoms with E-state index in [0.717, 1.165) is 37.7 Å². The van der Waals surface area contributed by atoms with Gasteiger partial charge in [0.25, 0.3) is 5.91 Å². The normalized spacial score (nSPS) is 15.3. The number of hydrogen-bond acceptors (Lipinski definition) is 6. The second-order valence-corrected chi connectivity index (χ2v) is 6.14. The maximum atomic E-state index is 12.6. The molecule has 8 nitrogen and oxygen atoms in total. The highest BCUT2D eigenvalue weighted by molar-refractivity contribution is 5.92. The summed E-state index contributed by atoms with van der Waals surface area (Å²) in [5, 5.41) is 4.21. The molecule has 1 aliphatic heterocycles. The molecule has 3 heterocycles. The van der Waals surface area contributed by atoms with Crippen molar-refractivity contribution in [3.05, 3.63) is 30.4 Å². The van der Waals surface area contributed by atoms with Crippen molar-refractivity contribution in [3.63, 3.8) is 0 Å². The van der Waals surface area contributed by atoms with E-state index < -0.39 is 0 Å². The largest absolute Gasteiger partial charge is 0.363 e. The summed E-state index contributed by atoms with van der Waals surface area (Å²) in [5.41, 5.74) is 0.503. The van der Waals surface area contributed by atoms with Crippen LogP contribution in [-0.2, 0) is 7.05 Å². The molecule has 2 aromatic rings. The third kappa shape index (κ3) is 3.47. The number of carbonyl (C=O) groups excluding carboxylic acids is 1. The Morgan fingerprint density at radius 2 is 2.00 bits per heavy atom. The molecule has 2 aromatic heterocycles. The van der Waals surface area contributed by atoms with Crippen LogP contribution >= 0.6 is 0 Å². The number of aromatic nitrogens is 4. The van der Waals surface area contributed by atoms with Crippen LogP contribution in [0.5, 0.6) is 0 Å². The smallest absolute Gasteiger partial charge is 0.274 e. The standard InChI is InChI=1S/C16H23N7O/c1-20(2)14-11-15(18-12-17-14)22-6-4-7-23(10-9-22)16(24)13-5-8-21(3)19-13/h5,8,11-12H,4,6-7,9-10H2,1-3H3. The van der Waals surface area contributed by atoms with Crippen molar-refractivity contribution in [2.75, 3.05) is 50.1 Å². The summed E-state index contributed by atoms with van der Waals surface area (Å²) in [4.78, 5) is 27.2. The summed E-state index contributed by atoms with van der Waals surface area (Å²) < 4.78 is 1.65. The van der Waals surface area contributed by atoms with Crippen LogP contribution < -0.4 is 9.80 Å². The average molecular weight is 329 g/mol. The second kappa shape index (κ2) is 6.86. The molecule has 1 fully saturated rings. The van der Waals surface area contributed by atoms with E-state index in [9.17, 15) is 4.79 Å². The Bertz CT molecular complexity index is 712. The molecule has 1 amide bonds. The number of nitrogens with zero attached hydrogens (tertiary/aromatic N) is 7. The van der Waals surface area contributed by atoms with Crippen molar-refractivity contribution in [1.29, 1.82) is 0 Å². The van der Waals surface area contributed by atoms with Gasteiger partial charge in [0.15, 0.2) is 0 Å². The summed E-state index contributed by atoms with van der Waals surface area (Å²) in [5.74, 6) is 1.78. The molecular weight excluding hydrogens is 306 g/mol. The molecule has 0 bridgehead atoms. The number of hydrogen-bond donors (Lipinski definition) is 0. The van der Waals surface area contributed by atoms with Crippen LogP contribution in [0.4, 0.5) is 11.6 Å². The zero-order chi connectivity index (χ0) is 17.1. The van der Waals surface area contributed by atoms with Crippen molar-refractivity contribution in [2.24, 2.45) is 7.05 Å². The fourth-order valence-corrected chi connectivity index (χ4v) is 2.80. The lowest BCUT2D eigenvalue weighted by Crippen LogP contribution is -2.35. The molecule has 3 rings (SSSR count). The molecule has 0 aliphatic carbocycles. The SMILES string of the molecule is CN(C)c1cc(N2CCCN(C(=O)c3ccn(C)n3)CC2)ncn1. The minimum atomic E-state index is -0.00545. The predicted octanol–water partition coefficient (Wildman–Crippen LogP) is 0.629. The Hall–Kier alpha value is -2.64. The van der Waals surface area contributed by atoms with Gasteiger partial charge >= 0.3 is 0 Å². The van der Waals surface area contributed by atoms with Crippen LogP contribution in [0.25, 0.3) is 0 Å². The Morgan fingerprint density at radius 3 is 2.71 bits per heavy atom. The first-order valence-electron chi connectivity index (χ1n) is 8.08.